The average Bonchev–Trinajstić information content (AvgIpc) is 2.63. The molecule has 1 heterocycles. The van der Waals surface area contributed by atoms with Crippen LogP contribution in [0.3, 0.4) is 0 Å². The van der Waals surface area contributed by atoms with E-state index in [1.165, 1.54) is 0 Å². The van der Waals surface area contributed by atoms with Crippen molar-refractivity contribution in [1.29, 1.82) is 0 Å². The molecule has 1 N–H and O–H groups in total. The first-order chi connectivity index (χ1) is 8.09. The van der Waals surface area contributed by atoms with E-state index in [4.69, 9.17) is 4.52 Å². The van der Waals surface area contributed by atoms with Crippen molar-refractivity contribution in [2.45, 2.75) is 20.8 Å². The van der Waals surface area contributed by atoms with E-state index in [-0.39, 0.29) is 5.91 Å². The number of hydrogen-bond donors (Lipinski definition) is 1. The zero-order chi connectivity index (χ0) is 12.4. The van der Waals surface area contributed by atoms with Gasteiger partial charge in [-0.15, -0.1) is 0 Å². The number of amides is 1. The average molecular weight is 230 g/mol. The number of nitrogens with one attached hydrogen (secondary N) is 1. The van der Waals surface area contributed by atoms with Gasteiger partial charge in [0, 0.05) is 11.3 Å². The first-order valence-corrected chi connectivity index (χ1v) is 5.39. The van der Waals surface area contributed by atoms with Crippen molar-refractivity contribution in [2.24, 2.45) is 0 Å². The maximum absolute atomic E-state index is 12.0. The topological polar surface area (TPSA) is 55.1 Å². The van der Waals surface area contributed by atoms with Gasteiger partial charge in [-0.1, -0.05) is 23.4 Å². The fourth-order valence-electron chi connectivity index (χ4n) is 1.52. The number of anilines is 1. The van der Waals surface area contributed by atoms with Gasteiger partial charge in [0.1, 0.15) is 5.76 Å². The fraction of sp³-hybridized carbons (Fsp3) is 0.231. The van der Waals surface area contributed by atoms with Crippen molar-refractivity contribution in [1.82, 2.24) is 5.16 Å². The van der Waals surface area contributed by atoms with E-state index in [1.54, 1.807) is 6.92 Å². The van der Waals surface area contributed by atoms with Crippen LogP contribution >= 0.6 is 0 Å². The predicted octanol–water partition coefficient (Wildman–Crippen LogP) is 2.85. The van der Waals surface area contributed by atoms with Gasteiger partial charge in [0.25, 0.3) is 5.91 Å². The van der Waals surface area contributed by atoms with E-state index >= 15 is 0 Å². The van der Waals surface area contributed by atoms with Gasteiger partial charge in [0.15, 0.2) is 5.69 Å². The summed E-state index contributed by atoms with van der Waals surface area (Å²) < 4.78 is 4.97. The summed E-state index contributed by atoms with van der Waals surface area (Å²) in [5.74, 6) is 0.425. The third-order valence-electron chi connectivity index (χ3n) is 2.77. The summed E-state index contributed by atoms with van der Waals surface area (Å²) in [5, 5.41) is 6.57. The summed E-state index contributed by atoms with van der Waals surface area (Å²) in [6.07, 6.45) is 0. The molecule has 0 aliphatic heterocycles. The summed E-state index contributed by atoms with van der Waals surface area (Å²) in [5.41, 5.74) is 2.91. The molecule has 0 aliphatic rings. The lowest BCUT2D eigenvalue weighted by Gasteiger charge is -2.06. The number of nitrogens with zero attached hydrogens (tertiary/aromatic N) is 1. The number of benzene rings is 1. The molecule has 0 unspecified atom stereocenters. The second-order valence-corrected chi connectivity index (χ2v) is 3.98. The second kappa shape index (κ2) is 4.41. The maximum Gasteiger partial charge on any atom is 0.278 e. The van der Waals surface area contributed by atoms with Crippen LogP contribution in [0.15, 0.2) is 28.8 Å². The van der Waals surface area contributed by atoms with Crippen molar-refractivity contribution in [3.8, 4) is 0 Å². The van der Waals surface area contributed by atoms with Gasteiger partial charge in [-0.05, 0) is 32.4 Å². The molecule has 4 nitrogen and oxygen atoms in total. The van der Waals surface area contributed by atoms with Gasteiger partial charge >= 0.3 is 0 Å². The minimum atomic E-state index is -0.242. The molecule has 1 amide bonds. The van der Waals surface area contributed by atoms with Crippen LogP contribution in [0.1, 0.15) is 27.4 Å². The second-order valence-electron chi connectivity index (χ2n) is 3.98. The molecule has 88 valence electrons. The molecule has 2 rings (SSSR count). The number of hydrogen-bond acceptors (Lipinski definition) is 3. The molecule has 0 aliphatic carbocycles. The highest BCUT2D eigenvalue weighted by Crippen LogP contribution is 2.17. The Morgan fingerprint density at radius 1 is 1.24 bits per heavy atom. The van der Waals surface area contributed by atoms with Crippen LogP contribution in [0.5, 0.6) is 0 Å². The van der Waals surface area contributed by atoms with Crippen LogP contribution in [0.2, 0.25) is 0 Å². The van der Waals surface area contributed by atoms with Crippen molar-refractivity contribution < 1.29 is 9.32 Å². The Kier molecular flexibility index (Phi) is 2.95. The Morgan fingerprint density at radius 3 is 2.53 bits per heavy atom. The van der Waals surface area contributed by atoms with E-state index < -0.39 is 0 Å². The lowest BCUT2D eigenvalue weighted by Crippen LogP contribution is -2.14. The molecule has 1 aromatic carbocycles. The van der Waals surface area contributed by atoms with Crippen molar-refractivity contribution in [3.05, 3.63) is 46.8 Å². The lowest BCUT2D eigenvalue weighted by atomic mass is 10.2. The van der Waals surface area contributed by atoms with Crippen molar-refractivity contribution in [3.63, 3.8) is 0 Å². The Labute approximate surface area is 99.6 Å². The largest absolute Gasteiger partial charge is 0.361 e. The third-order valence-corrected chi connectivity index (χ3v) is 2.77. The minimum absolute atomic E-state index is 0.242. The monoisotopic (exact) mass is 230 g/mol. The number of carbonyl (C=O) groups is 1. The van der Waals surface area contributed by atoms with Crippen LogP contribution in [0.25, 0.3) is 0 Å². The van der Waals surface area contributed by atoms with E-state index in [9.17, 15) is 4.79 Å². The highest BCUT2D eigenvalue weighted by atomic mass is 16.5. The standard InChI is InChI=1S/C13H14N2O2/c1-8-6-4-5-7-11(8)14-13(16)12-9(2)10(3)17-15-12/h4-7H,1-3H3,(H,14,16). The Balaban J connectivity index is 2.23. The predicted molar refractivity (Wildman–Crippen MR) is 65.1 cm³/mol. The first kappa shape index (κ1) is 11.4. The van der Waals surface area contributed by atoms with E-state index in [0.717, 1.165) is 16.8 Å². The van der Waals surface area contributed by atoms with Gasteiger partial charge < -0.3 is 9.84 Å². The van der Waals surface area contributed by atoms with Crippen molar-refractivity contribution >= 4 is 11.6 Å². The number of para-hydroxylation sites is 1. The molecule has 0 fully saturated rings. The quantitative estimate of drug-likeness (QED) is 0.863. The molecule has 1 aromatic heterocycles. The van der Waals surface area contributed by atoms with Crippen LogP contribution in [-0.4, -0.2) is 11.1 Å². The zero-order valence-corrected chi connectivity index (χ0v) is 10.1. The Morgan fingerprint density at radius 2 is 1.94 bits per heavy atom. The van der Waals surface area contributed by atoms with Crippen molar-refractivity contribution in [2.75, 3.05) is 5.32 Å². The molecule has 0 atom stereocenters. The normalized spacial score (nSPS) is 10.3. The third kappa shape index (κ3) is 2.20. The molecule has 17 heavy (non-hydrogen) atoms. The van der Waals surface area contributed by atoms with Gasteiger partial charge in [0.2, 0.25) is 0 Å². The molecule has 0 saturated carbocycles. The van der Waals surface area contributed by atoms with Gasteiger partial charge in [0.05, 0.1) is 0 Å². The van der Waals surface area contributed by atoms with E-state index in [1.807, 2.05) is 38.1 Å². The van der Waals surface area contributed by atoms with Gasteiger partial charge in [-0.25, -0.2) is 0 Å². The molecule has 2 aromatic rings. The molecule has 0 saturated heterocycles. The number of aromatic nitrogens is 1. The Hall–Kier alpha value is -2.10. The highest BCUT2D eigenvalue weighted by molar-refractivity contribution is 6.04. The highest BCUT2D eigenvalue weighted by Gasteiger charge is 2.16. The maximum atomic E-state index is 12.0. The number of rotatable bonds is 2. The number of aryl methyl sites for hydroxylation is 2. The summed E-state index contributed by atoms with van der Waals surface area (Å²) in [4.78, 5) is 12.0. The molecular formula is C13H14N2O2. The van der Waals surface area contributed by atoms with Crippen LogP contribution < -0.4 is 5.32 Å². The number of carbonyl (C=O) groups excluding carboxylic acids is 1. The fourth-order valence-corrected chi connectivity index (χ4v) is 1.52. The van der Waals surface area contributed by atoms with Gasteiger partial charge in [-0.3, -0.25) is 4.79 Å². The van der Waals surface area contributed by atoms with Crippen LogP contribution in [0.4, 0.5) is 5.69 Å². The van der Waals surface area contributed by atoms with Crippen LogP contribution in [0, 0.1) is 20.8 Å². The van der Waals surface area contributed by atoms with E-state index in [0.29, 0.717) is 11.5 Å². The Bertz CT molecular complexity index is 558. The van der Waals surface area contributed by atoms with Crippen LogP contribution in [-0.2, 0) is 0 Å². The summed E-state index contributed by atoms with van der Waals surface area (Å²) in [7, 11) is 0. The molecular weight excluding hydrogens is 216 g/mol. The minimum Gasteiger partial charge on any atom is -0.361 e. The summed E-state index contributed by atoms with van der Waals surface area (Å²) in [6.45, 7) is 5.54. The lowest BCUT2D eigenvalue weighted by molar-refractivity contribution is 0.101. The smallest absolute Gasteiger partial charge is 0.278 e. The van der Waals surface area contributed by atoms with E-state index in [2.05, 4.69) is 10.5 Å². The molecule has 0 bridgehead atoms. The molecule has 0 spiro atoms. The molecule has 4 heteroatoms. The SMILES string of the molecule is Cc1ccccc1NC(=O)c1noc(C)c1C. The summed E-state index contributed by atoms with van der Waals surface area (Å²) >= 11 is 0. The van der Waals surface area contributed by atoms with Gasteiger partial charge in [-0.2, -0.15) is 0 Å². The summed E-state index contributed by atoms with van der Waals surface area (Å²) in [6, 6.07) is 7.60. The zero-order valence-electron chi connectivity index (χ0n) is 10.1. The first-order valence-electron chi connectivity index (χ1n) is 5.39. The molecule has 0 radical (unpaired) electrons.